The van der Waals surface area contributed by atoms with Crippen LogP contribution in [0.4, 0.5) is 0 Å². The average molecular weight is 288 g/mol. The van der Waals surface area contributed by atoms with Crippen molar-refractivity contribution < 1.29 is 24.5 Å². The lowest BCUT2D eigenvalue weighted by Crippen LogP contribution is -2.51. The Balaban J connectivity index is 2.23. The summed E-state index contributed by atoms with van der Waals surface area (Å²) >= 11 is 5.97. The van der Waals surface area contributed by atoms with E-state index in [2.05, 4.69) is 5.32 Å². The number of ether oxygens (including phenoxy) is 2. The zero-order valence-electron chi connectivity index (χ0n) is 10.3. The zero-order valence-corrected chi connectivity index (χ0v) is 11.0. The first kappa shape index (κ1) is 13.9. The van der Waals surface area contributed by atoms with Crippen molar-refractivity contribution in [2.45, 2.75) is 12.5 Å². The van der Waals surface area contributed by atoms with Gasteiger partial charge in [0.1, 0.15) is 0 Å². The molecule has 1 aliphatic heterocycles. The van der Waals surface area contributed by atoms with Crippen LogP contribution in [-0.2, 0) is 0 Å². The van der Waals surface area contributed by atoms with Gasteiger partial charge in [-0.25, -0.2) is 0 Å². The summed E-state index contributed by atoms with van der Waals surface area (Å²) in [6, 6.07) is 2.94. The number of carbonyl (C=O) groups is 1. The van der Waals surface area contributed by atoms with Crippen molar-refractivity contribution in [3.8, 4) is 11.5 Å². The van der Waals surface area contributed by atoms with Gasteiger partial charge < -0.3 is 25.0 Å². The van der Waals surface area contributed by atoms with Crippen LogP contribution in [0.25, 0.3) is 0 Å². The predicted octanol–water partition coefficient (Wildman–Crippen LogP) is 0.542. The number of hydrogen-bond acceptors (Lipinski definition) is 5. The van der Waals surface area contributed by atoms with Gasteiger partial charge in [0, 0.05) is 5.56 Å². The van der Waals surface area contributed by atoms with Gasteiger partial charge in [-0.05, 0) is 19.1 Å². The van der Waals surface area contributed by atoms with E-state index in [4.69, 9.17) is 31.3 Å². The second-order valence-corrected chi connectivity index (χ2v) is 4.93. The molecule has 7 heteroatoms. The minimum atomic E-state index is -1.10. The van der Waals surface area contributed by atoms with Gasteiger partial charge in [0.2, 0.25) is 6.79 Å². The molecule has 1 aromatic carbocycles. The number of rotatable bonds is 4. The Kier molecular flexibility index (Phi) is 3.84. The van der Waals surface area contributed by atoms with Gasteiger partial charge in [-0.3, -0.25) is 4.79 Å². The minimum Gasteiger partial charge on any atom is -0.454 e. The number of hydrogen-bond donors (Lipinski definition) is 3. The van der Waals surface area contributed by atoms with E-state index in [1.165, 1.54) is 19.1 Å². The first-order chi connectivity index (χ1) is 8.99. The molecule has 1 amide bonds. The number of nitrogens with one attached hydrogen (secondary N) is 1. The number of halogens is 1. The number of amides is 1. The fourth-order valence-corrected chi connectivity index (χ4v) is 1.84. The largest absolute Gasteiger partial charge is 0.454 e. The normalized spacial score (nSPS) is 13.5. The number of aliphatic hydroxyl groups excluding tert-OH is 2. The van der Waals surface area contributed by atoms with Gasteiger partial charge in [0.25, 0.3) is 5.91 Å². The maximum atomic E-state index is 12.0. The summed E-state index contributed by atoms with van der Waals surface area (Å²) in [6.45, 7) is 0.825. The van der Waals surface area contributed by atoms with E-state index in [0.29, 0.717) is 11.5 Å². The van der Waals surface area contributed by atoms with Crippen LogP contribution in [0.5, 0.6) is 11.5 Å². The Labute approximate surface area is 114 Å². The summed E-state index contributed by atoms with van der Waals surface area (Å²) in [5, 5.41) is 21.1. The van der Waals surface area contributed by atoms with Crippen molar-refractivity contribution in [2.75, 3.05) is 20.0 Å². The third-order valence-corrected chi connectivity index (χ3v) is 3.08. The zero-order chi connectivity index (χ0) is 14.0. The second-order valence-electron chi connectivity index (χ2n) is 4.52. The van der Waals surface area contributed by atoms with Gasteiger partial charge in [-0.2, -0.15) is 0 Å². The molecule has 104 valence electrons. The van der Waals surface area contributed by atoms with Crippen LogP contribution >= 0.6 is 11.6 Å². The standard InChI is InChI=1S/C12H14ClNO5/c1-12(4-15,5-16)14-11(17)7-2-8(13)10-9(3-7)18-6-19-10/h2-3,15-16H,4-6H2,1H3,(H,14,17). The Hall–Kier alpha value is -1.50. The Bertz CT molecular complexity index is 501. The molecule has 3 N–H and O–H groups in total. The fourth-order valence-electron chi connectivity index (χ4n) is 1.57. The highest BCUT2D eigenvalue weighted by atomic mass is 35.5. The summed E-state index contributed by atoms with van der Waals surface area (Å²) in [5.41, 5.74) is -0.831. The SMILES string of the molecule is CC(CO)(CO)NC(=O)c1cc(Cl)c2c(c1)OCO2. The third kappa shape index (κ3) is 2.75. The molecule has 0 radical (unpaired) electrons. The number of carbonyl (C=O) groups excluding carboxylic acids is 1. The van der Waals surface area contributed by atoms with E-state index in [0.717, 1.165) is 0 Å². The molecule has 0 unspecified atom stereocenters. The van der Waals surface area contributed by atoms with E-state index >= 15 is 0 Å². The van der Waals surface area contributed by atoms with Crippen LogP contribution < -0.4 is 14.8 Å². The van der Waals surface area contributed by atoms with Crippen molar-refractivity contribution in [3.05, 3.63) is 22.7 Å². The van der Waals surface area contributed by atoms with Crippen LogP contribution in [0.1, 0.15) is 17.3 Å². The van der Waals surface area contributed by atoms with Crippen LogP contribution in [-0.4, -0.2) is 41.7 Å². The molecule has 0 atom stereocenters. The van der Waals surface area contributed by atoms with Gasteiger partial charge in [-0.1, -0.05) is 11.6 Å². The van der Waals surface area contributed by atoms with E-state index in [9.17, 15) is 4.79 Å². The highest BCUT2D eigenvalue weighted by Gasteiger charge is 2.27. The molecule has 19 heavy (non-hydrogen) atoms. The second kappa shape index (κ2) is 5.24. The molecule has 1 aliphatic rings. The molecule has 1 heterocycles. The number of fused-ring (bicyclic) bond motifs is 1. The quantitative estimate of drug-likeness (QED) is 0.752. The van der Waals surface area contributed by atoms with Crippen LogP contribution in [0, 0.1) is 0 Å². The fraction of sp³-hybridized carbons (Fsp3) is 0.417. The Morgan fingerprint density at radius 1 is 1.42 bits per heavy atom. The van der Waals surface area contributed by atoms with Gasteiger partial charge >= 0.3 is 0 Å². The highest BCUT2D eigenvalue weighted by molar-refractivity contribution is 6.32. The molecule has 0 saturated carbocycles. The van der Waals surface area contributed by atoms with Gasteiger partial charge in [0.05, 0.1) is 23.8 Å². The molecule has 0 aromatic heterocycles. The van der Waals surface area contributed by atoms with Gasteiger partial charge in [0.15, 0.2) is 11.5 Å². The van der Waals surface area contributed by atoms with Gasteiger partial charge in [-0.15, -0.1) is 0 Å². The molecule has 2 rings (SSSR count). The third-order valence-electron chi connectivity index (χ3n) is 2.80. The summed E-state index contributed by atoms with van der Waals surface area (Å²) < 4.78 is 10.3. The van der Waals surface area contributed by atoms with Crippen molar-refractivity contribution in [2.24, 2.45) is 0 Å². The lowest BCUT2D eigenvalue weighted by atomic mass is 10.0. The van der Waals surface area contributed by atoms with E-state index in [-0.39, 0.29) is 30.6 Å². The summed E-state index contributed by atoms with van der Waals surface area (Å²) in [5.74, 6) is 0.337. The van der Waals surface area contributed by atoms with Crippen LogP contribution in [0.15, 0.2) is 12.1 Å². The monoisotopic (exact) mass is 287 g/mol. The Morgan fingerprint density at radius 3 is 2.74 bits per heavy atom. The van der Waals surface area contributed by atoms with Crippen molar-refractivity contribution in [1.82, 2.24) is 5.32 Å². The highest BCUT2D eigenvalue weighted by Crippen LogP contribution is 2.39. The van der Waals surface area contributed by atoms with Crippen molar-refractivity contribution in [3.63, 3.8) is 0 Å². The molecular weight excluding hydrogens is 274 g/mol. The first-order valence-electron chi connectivity index (χ1n) is 5.62. The molecule has 0 fully saturated rings. The lowest BCUT2D eigenvalue weighted by molar-refractivity contribution is 0.0723. The van der Waals surface area contributed by atoms with Crippen molar-refractivity contribution in [1.29, 1.82) is 0 Å². The summed E-state index contributed by atoms with van der Waals surface area (Å²) in [7, 11) is 0. The maximum Gasteiger partial charge on any atom is 0.252 e. The van der Waals surface area contributed by atoms with Crippen LogP contribution in [0.2, 0.25) is 5.02 Å². The Morgan fingerprint density at radius 2 is 2.11 bits per heavy atom. The maximum absolute atomic E-state index is 12.0. The molecule has 0 bridgehead atoms. The minimum absolute atomic E-state index is 0.0606. The molecule has 0 aliphatic carbocycles. The number of aliphatic hydroxyl groups is 2. The van der Waals surface area contributed by atoms with E-state index in [1.807, 2.05) is 0 Å². The predicted molar refractivity (Wildman–Crippen MR) is 67.6 cm³/mol. The van der Waals surface area contributed by atoms with Crippen molar-refractivity contribution >= 4 is 17.5 Å². The number of benzene rings is 1. The first-order valence-corrected chi connectivity index (χ1v) is 6.00. The summed E-state index contributed by atoms with van der Waals surface area (Å²) in [4.78, 5) is 12.0. The molecule has 1 aromatic rings. The smallest absolute Gasteiger partial charge is 0.252 e. The summed E-state index contributed by atoms with van der Waals surface area (Å²) in [6.07, 6.45) is 0. The van der Waals surface area contributed by atoms with Crippen LogP contribution in [0.3, 0.4) is 0 Å². The average Bonchev–Trinajstić information content (AvgIpc) is 2.87. The van der Waals surface area contributed by atoms with E-state index < -0.39 is 11.4 Å². The molecule has 0 spiro atoms. The molecule has 0 saturated heterocycles. The van der Waals surface area contributed by atoms with E-state index in [1.54, 1.807) is 0 Å². The molecule has 6 nitrogen and oxygen atoms in total. The molecular formula is C12H14ClNO5. The topological polar surface area (TPSA) is 88.0 Å². The lowest BCUT2D eigenvalue weighted by Gasteiger charge is -2.26.